The zero-order chi connectivity index (χ0) is 32.3. The molecule has 0 radical (unpaired) electrons. The van der Waals surface area contributed by atoms with Crippen molar-refractivity contribution < 1.29 is 34.1 Å². The van der Waals surface area contributed by atoms with Gasteiger partial charge < -0.3 is 35.8 Å². The predicted molar refractivity (Wildman–Crippen MR) is 170 cm³/mol. The maximum atomic E-state index is 12.7. The number of nitrogens with one attached hydrogen (secondary N) is 3. The zero-order valence-corrected chi connectivity index (χ0v) is 27.0. The van der Waals surface area contributed by atoms with Gasteiger partial charge in [0.05, 0.1) is 30.7 Å². The zero-order valence-electron chi connectivity index (χ0n) is 26.2. The summed E-state index contributed by atoms with van der Waals surface area (Å²) in [6, 6.07) is 3.30. The number of carbonyl (C=O) groups excluding carboxylic acids is 3. The number of carbonyl (C=O) groups is 4. The Labute approximate surface area is 269 Å². The maximum Gasteiger partial charge on any atom is 0.353 e. The fraction of sp³-hybridized carbons (Fsp3) is 0.656. The van der Waals surface area contributed by atoms with Crippen LogP contribution in [0.2, 0.25) is 0 Å². The SMILES string of the molecule is C[C@H]1C(S[C@@H]2CN[C@H](C(=O)NCCCCCC(=O)NCCOCCCCc3cccnc3)C2)=C(C(=O)O)N2C(=O)[C@H]([C@@H](C)O)C12. The number of fused-ring (bicyclic) bond motifs is 1. The molecule has 12 nitrogen and oxygen atoms in total. The molecule has 0 aliphatic carbocycles. The van der Waals surface area contributed by atoms with Crippen LogP contribution in [0, 0.1) is 11.8 Å². The lowest BCUT2D eigenvalue weighted by Crippen LogP contribution is -2.63. The molecule has 6 atom stereocenters. The molecule has 4 heterocycles. The smallest absolute Gasteiger partial charge is 0.353 e. The number of aryl methyl sites for hydroxylation is 1. The van der Waals surface area contributed by atoms with Crippen molar-refractivity contribution in [1.29, 1.82) is 0 Å². The molecule has 3 aliphatic rings. The van der Waals surface area contributed by atoms with E-state index in [2.05, 4.69) is 27.0 Å². The molecule has 45 heavy (non-hydrogen) atoms. The minimum atomic E-state index is -1.14. The lowest BCUT2D eigenvalue weighted by molar-refractivity contribution is -0.163. The summed E-state index contributed by atoms with van der Waals surface area (Å²) in [5, 5.41) is 29.0. The van der Waals surface area contributed by atoms with Crippen molar-refractivity contribution in [2.75, 3.05) is 32.8 Å². The molecular weight excluding hydrogens is 598 g/mol. The van der Waals surface area contributed by atoms with Gasteiger partial charge in [0.25, 0.3) is 0 Å². The monoisotopic (exact) mass is 645 g/mol. The van der Waals surface area contributed by atoms with E-state index in [4.69, 9.17) is 4.74 Å². The van der Waals surface area contributed by atoms with Crippen LogP contribution < -0.4 is 16.0 Å². The number of β-lactam (4-membered cyclic amide) rings is 1. The van der Waals surface area contributed by atoms with Gasteiger partial charge in [0, 0.05) is 61.1 Å². The van der Waals surface area contributed by atoms with Crippen LogP contribution in [0.5, 0.6) is 0 Å². The van der Waals surface area contributed by atoms with E-state index in [0.717, 1.165) is 38.5 Å². The lowest BCUT2D eigenvalue weighted by atomic mass is 9.79. The number of amides is 3. The molecule has 0 aromatic carbocycles. The van der Waals surface area contributed by atoms with E-state index in [1.807, 2.05) is 19.2 Å². The summed E-state index contributed by atoms with van der Waals surface area (Å²) < 4.78 is 5.60. The van der Waals surface area contributed by atoms with E-state index in [9.17, 15) is 29.4 Å². The molecule has 0 bridgehead atoms. The molecule has 2 fully saturated rings. The van der Waals surface area contributed by atoms with Crippen LogP contribution >= 0.6 is 11.8 Å². The Morgan fingerprint density at radius 3 is 2.71 bits per heavy atom. The van der Waals surface area contributed by atoms with Crippen LogP contribution in [0.1, 0.15) is 64.4 Å². The summed E-state index contributed by atoms with van der Waals surface area (Å²) in [4.78, 5) is 55.5. The molecule has 0 spiro atoms. The van der Waals surface area contributed by atoms with Gasteiger partial charge in [-0.2, -0.15) is 0 Å². The summed E-state index contributed by atoms with van der Waals surface area (Å²) in [5.41, 5.74) is 1.24. The molecule has 1 aromatic rings. The molecule has 1 aromatic heterocycles. The fourth-order valence-electron chi connectivity index (χ4n) is 6.31. The van der Waals surface area contributed by atoms with E-state index in [1.165, 1.54) is 22.2 Å². The highest BCUT2D eigenvalue weighted by Crippen LogP contribution is 2.51. The number of ether oxygens (including phenoxy) is 1. The molecule has 4 rings (SSSR count). The number of aliphatic hydroxyl groups is 1. The maximum absolute atomic E-state index is 12.7. The van der Waals surface area contributed by atoms with Gasteiger partial charge >= 0.3 is 5.97 Å². The van der Waals surface area contributed by atoms with Crippen molar-refractivity contribution in [1.82, 2.24) is 25.8 Å². The van der Waals surface area contributed by atoms with Crippen LogP contribution in [0.25, 0.3) is 0 Å². The van der Waals surface area contributed by atoms with Gasteiger partial charge in [-0.1, -0.05) is 19.4 Å². The third-order valence-corrected chi connectivity index (χ3v) is 10.2. The first-order valence-corrected chi connectivity index (χ1v) is 17.0. The Morgan fingerprint density at radius 2 is 1.98 bits per heavy atom. The molecule has 13 heteroatoms. The third-order valence-electron chi connectivity index (χ3n) is 8.69. The average Bonchev–Trinajstić information content (AvgIpc) is 3.57. The van der Waals surface area contributed by atoms with E-state index in [0.29, 0.717) is 50.6 Å². The minimum absolute atomic E-state index is 0.00577. The van der Waals surface area contributed by atoms with Gasteiger partial charge in [-0.05, 0) is 57.1 Å². The lowest BCUT2D eigenvalue weighted by Gasteiger charge is -2.46. The number of aliphatic hydroxyl groups excluding tert-OH is 1. The van der Waals surface area contributed by atoms with Gasteiger partial charge in [0.15, 0.2) is 0 Å². The molecule has 2 saturated heterocycles. The van der Waals surface area contributed by atoms with Gasteiger partial charge in [-0.3, -0.25) is 19.4 Å². The number of rotatable bonds is 19. The Hall–Kier alpha value is -3.00. The number of hydrogen-bond acceptors (Lipinski definition) is 9. The molecule has 3 amide bonds. The highest BCUT2D eigenvalue weighted by Gasteiger charge is 2.60. The standard InChI is InChI=1S/C32H47N5O7S/c1-20-27-26(21(2)38)31(41)37(27)28(32(42)43)29(20)45-23-17-24(36-19-23)30(40)35-13-6-3-4-11-25(39)34-14-16-44-15-7-5-9-22-10-8-12-33-18-22/h8,10,12,18,20-21,23-24,26-27,36,38H,3-7,9,11,13-17,19H2,1-2H3,(H,34,39)(H,35,40)(H,42,43)/t20-,21-,23+,24+,26-,27?/m1/s1. The Balaban J connectivity index is 1.03. The van der Waals surface area contributed by atoms with Crippen LogP contribution in [0.15, 0.2) is 35.1 Å². The number of nitrogens with zero attached hydrogens (tertiary/aromatic N) is 2. The second-order valence-corrected chi connectivity index (χ2v) is 13.4. The third kappa shape index (κ3) is 9.27. The molecule has 248 valence electrons. The van der Waals surface area contributed by atoms with Crippen molar-refractivity contribution in [3.63, 3.8) is 0 Å². The van der Waals surface area contributed by atoms with Crippen LogP contribution in [0.4, 0.5) is 0 Å². The van der Waals surface area contributed by atoms with Gasteiger partial charge in [0.2, 0.25) is 17.7 Å². The average molecular weight is 646 g/mol. The summed E-state index contributed by atoms with van der Waals surface area (Å²) in [6.07, 6.45) is 9.14. The summed E-state index contributed by atoms with van der Waals surface area (Å²) in [5.74, 6) is -2.36. The van der Waals surface area contributed by atoms with Gasteiger partial charge in [0.1, 0.15) is 5.70 Å². The first-order valence-electron chi connectivity index (χ1n) is 16.1. The van der Waals surface area contributed by atoms with E-state index < -0.39 is 18.0 Å². The number of aromatic nitrogens is 1. The van der Waals surface area contributed by atoms with E-state index in [1.54, 1.807) is 13.1 Å². The van der Waals surface area contributed by atoms with Gasteiger partial charge in [-0.25, -0.2) is 4.79 Å². The van der Waals surface area contributed by atoms with Crippen molar-refractivity contribution in [3.05, 3.63) is 40.7 Å². The number of carboxylic acids is 1. The number of pyridine rings is 1. The number of thioether (sulfide) groups is 1. The molecule has 5 N–H and O–H groups in total. The van der Waals surface area contributed by atoms with Crippen LogP contribution in [-0.2, 0) is 30.3 Å². The minimum Gasteiger partial charge on any atom is -0.477 e. The Morgan fingerprint density at radius 1 is 1.16 bits per heavy atom. The molecule has 1 unspecified atom stereocenters. The number of carboxylic acid groups (broad SMARTS) is 1. The second-order valence-electron chi connectivity index (χ2n) is 12.1. The summed E-state index contributed by atoms with van der Waals surface area (Å²) in [7, 11) is 0. The highest BCUT2D eigenvalue weighted by atomic mass is 32.2. The molecular formula is C32H47N5O7S. The van der Waals surface area contributed by atoms with Crippen LogP contribution in [0.3, 0.4) is 0 Å². The highest BCUT2D eigenvalue weighted by molar-refractivity contribution is 8.03. The largest absolute Gasteiger partial charge is 0.477 e. The van der Waals surface area contributed by atoms with Crippen molar-refractivity contribution in [2.45, 2.75) is 88.7 Å². The van der Waals surface area contributed by atoms with Gasteiger partial charge in [-0.15, -0.1) is 11.8 Å². The topological polar surface area (TPSA) is 170 Å². The van der Waals surface area contributed by atoms with Crippen LogP contribution in [-0.4, -0.2) is 100 Å². The molecule has 0 saturated carbocycles. The Kier molecular flexibility index (Phi) is 13.2. The predicted octanol–water partition coefficient (Wildman–Crippen LogP) is 1.83. The summed E-state index contributed by atoms with van der Waals surface area (Å²) >= 11 is 1.42. The first-order chi connectivity index (χ1) is 21.7. The van der Waals surface area contributed by atoms with Crippen molar-refractivity contribution in [3.8, 4) is 0 Å². The van der Waals surface area contributed by atoms with E-state index >= 15 is 0 Å². The second kappa shape index (κ2) is 17.1. The number of hydrogen-bond donors (Lipinski definition) is 5. The van der Waals surface area contributed by atoms with E-state index in [-0.39, 0.29) is 46.7 Å². The van der Waals surface area contributed by atoms with Crippen molar-refractivity contribution >= 4 is 35.5 Å². The Bertz CT molecular complexity index is 1210. The number of aliphatic carboxylic acids is 1. The fourth-order valence-corrected chi connectivity index (χ4v) is 7.78. The first kappa shape index (κ1) is 34.9. The number of unbranched alkanes of at least 4 members (excludes halogenated alkanes) is 3. The summed E-state index contributed by atoms with van der Waals surface area (Å²) in [6.45, 7) is 6.21. The quantitative estimate of drug-likeness (QED) is 0.111. The molecule has 3 aliphatic heterocycles. The normalized spacial score (nSPS) is 24.7. The van der Waals surface area contributed by atoms with Crippen molar-refractivity contribution in [2.24, 2.45) is 11.8 Å².